The van der Waals surface area contributed by atoms with Gasteiger partial charge >= 0.3 is 0 Å². The highest BCUT2D eigenvalue weighted by Crippen LogP contribution is 2.05. The highest BCUT2D eigenvalue weighted by atomic mass is 32.2. The van der Waals surface area contributed by atoms with Crippen molar-refractivity contribution in [3.05, 3.63) is 0 Å². The molecule has 0 saturated carbocycles. The SMILES string of the molecule is CC(C)OCCS(=O)(=O)N1CCCNCC1. The van der Waals surface area contributed by atoms with Crippen LogP contribution in [0.15, 0.2) is 0 Å². The third kappa shape index (κ3) is 4.78. The Morgan fingerprint density at radius 1 is 1.31 bits per heavy atom. The summed E-state index contributed by atoms with van der Waals surface area (Å²) in [4.78, 5) is 0. The second-order valence-corrected chi connectivity index (χ2v) is 6.33. The molecule has 5 nitrogen and oxygen atoms in total. The number of rotatable bonds is 5. The van der Waals surface area contributed by atoms with Gasteiger partial charge in [0.05, 0.1) is 18.5 Å². The van der Waals surface area contributed by atoms with E-state index in [0.29, 0.717) is 13.1 Å². The Balaban J connectivity index is 2.42. The van der Waals surface area contributed by atoms with E-state index in [1.807, 2.05) is 13.8 Å². The molecular formula is C10H22N2O3S. The lowest BCUT2D eigenvalue weighted by atomic mass is 10.4. The van der Waals surface area contributed by atoms with Crippen molar-refractivity contribution in [1.82, 2.24) is 9.62 Å². The van der Waals surface area contributed by atoms with Crippen LogP contribution in [0.3, 0.4) is 0 Å². The zero-order valence-corrected chi connectivity index (χ0v) is 10.9. The summed E-state index contributed by atoms with van der Waals surface area (Å²) in [6.07, 6.45) is 0.963. The predicted molar refractivity (Wildman–Crippen MR) is 63.9 cm³/mol. The first-order valence-corrected chi connectivity index (χ1v) is 7.43. The minimum Gasteiger partial charge on any atom is -0.378 e. The van der Waals surface area contributed by atoms with Gasteiger partial charge in [-0.15, -0.1) is 0 Å². The minimum absolute atomic E-state index is 0.0843. The Morgan fingerprint density at radius 2 is 2.06 bits per heavy atom. The number of nitrogens with one attached hydrogen (secondary N) is 1. The molecule has 0 aliphatic carbocycles. The second kappa shape index (κ2) is 6.54. The van der Waals surface area contributed by atoms with Gasteiger partial charge in [0, 0.05) is 19.6 Å². The van der Waals surface area contributed by atoms with Crippen molar-refractivity contribution in [2.24, 2.45) is 0 Å². The smallest absolute Gasteiger partial charge is 0.216 e. The van der Waals surface area contributed by atoms with E-state index >= 15 is 0 Å². The van der Waals surface area contributed by atoms with E-state index in [9.17, 15) is 8.42 Å². The molecular weight excluding hydrogens is 228 g/mol. The summed E-state index contributed by atoms with van der Waals surface area (Å²) in [5, 5.41) is 3.19. The first-order valence-electron chi connectivity index (χ1n) is 5.82. The molecule has 1 rings (SSSR count). The molecule has 1 fully saturated rings. The van der Waals surface area contributed by atoms with E-state index in [2.05, 4.69) is 5.32 Å². The van der Waals surface area contributed by atoms with Crippen LogP contribution in [0.2, 0.25) is 0 Å². The maximum atomic E-state index is 11.9. The molecule has 1 saturated heterocycles. The average Bonchev–Trinajstić information content (AvgIpc) is 2.44. The molecule has 1 aliphatic rings. The normalized spacial score (nSPS) is 19.9. The van der Waals surface area contributed by atoms with Crippen molar-refractivity contribution in [1.29, 1.82) is 0 Å². The molecule has 0 bridgehead atoms. The van der Waals surface area contributed by atoms with Crippen LogP contribution in [-0.4, -0.2) is 57.4 Å². The van der Waals surface area contributed by atoms with Gasteiger partial charge in [0.15, 0.2) is 0 Å². The van der Waals surface area contributed by atoms with Crippen LogP contribution < -0.4 is 5.32 Å². The second-order valence-electron chi connectivity index (χ2n) is 4.24. The third-order valence-electron chi connectivity index (χ3n) is 2.48. The summed E-state index contributed by atoms with van der Waals surface area (Å²) >= 11 is 0. The van der Waals surface area contributed by atoms with Crippen LogP contribution in [0.4, 0.5) is 0 Å². The van der Waals surface area contributed by atoms with Crippen molar-refractivity contribution in [2.45, 2.75) is 26.4 Å². The fraction of sp³-hybridized carbons (Fsp3) is 1.00. The molecule has 1 heterocycles. The molecule has 16 heavy (non-hydrogen) atoms. The Kier molecular flexibility index (Phi) is 5.68. The Bertz CT molecular complexity index is 282. The van der Waals surface area contributed by atoms with E-state index in [4.69, 9.17) is 4.74 Å². The summed E-state index contributed by atoms with van der Waals surface area (Å²) in [5.41, 5.74) is 0. The van der Waals surface area contributed by atoms with Crippen LogP contribution in [0.25, 0.3) is 0 Å². The van der Waals surface area contributed by atoms with Gasteiger partial charge in [0.2, 0.25) is 10.0 Å². The van der Waals surface area contributed by atoms with Crippen molar-refractivity contribution < 1.29 is 13.2 Å². The van der Waals surface area contributed by atoms with Gasteiger partial charge in [-0.05, 0) is 26.8 Å². The maximum Gasteiger partial charge on any atom is 0.216 e. The fourth-order valence-electron chi connectivity index (χ4n) is 1.62. The zero-order valence-electron chi connectivity index (χ0n) is 10.1. The quantitative estimate of drug-likeness (QED) is 0.748. The standard InChI is InChI=1S/C10H22N2O3S/c1-10(2)15-8-9-16(13,14)12-6-3-4-11-5-7-12/h10-11H,3-9H2,1-2H3. The highest BCUT2D eigenvalue weighted by molar-refractivity contribution is 7.89. The van der Waals surface area contributed by atoms with Gasteiger partial charge < -0.3 is 10.1 Å². The third-order valence-corrected chi connectivity index (χ3v) is 4.32. The molecule has 0 amide bonds. The van der Waals surface area contributed by atoms with Gasteiger partial charge in [-0.3, -0.25) is 0 Å². The highest BCUT2D eigenvalue weighted by Gasteiger charge is 2.22. The molecule has 0 radical (unpaired) electrons. The van der Waals surface area contributed by atoms with Gasteiger partial charge in [0.25, 0.3) is 0 Å². The van der Waals surface area contributed by atoms with E-state index in [-0.39, 0.29) is 18.5 Å². The van der Waals surface area contributed by atoms with E-state index in [1.54, 1.807) is 4.31 Å². The molecule has 1 aliphatic heterocycles. The molecule has 0 aromatic heterocycles. The number of nitrogens with zero attached hydrogens (tertiary/aromatic N) is 1. The lowest BCUT2D eigenvalue weighted by molar-refractivity contribution is 0.0907. The molecule has 0 aromatic rings. The molecule has 0 spiro atoms. The molecule has 1 N–H and O–H groups in total. The lowest BCUT2D eigenvalue weighted by Crippen LogP contribution is -2.37. The summed E-state index contributed by atoms with van der Waals surface area (Å²) in [5.74, 6) is 0.0885. The summed E-state index contributed by atoms with van der Waals surface area (Å²) in [6, 6.07) is 0. The first kappa shape index (κ1) is 13.9. The Hall–Kier alpha value is -0.170. The monoisotopic (exact) mass is 250 g/mol. The largest absolute Gasteiger partial charge is 0.378 e. The van der Waals surface area contributed by atoms with Gasteiger partial charge in [0.1, 0.15) is 0 Å². The number of ether oxygens (including phenoxy) is 1. The summed E-state index contributed by atoms with van der Waals surface area (Å²) < 4.78 is 30.7. The van der Waals surface area contributed by atoms with Crippen LogP contribution >= 0.6 is 0 Å². The first-order chi connectivity index (χ1) is 7.52. The van der Waals surface area contributed by atoms with Crippen molar-refractivity contribution in [3.8, 4) is 0 Å². The van der Waals surface area contributed by atoms with Crippen LogP contribution in [-0.2, 0) is 14.8 Å². The number of sulfonamides is 1. The van der Waals surface area contributed by atoms with Crippen molar-refractivity contribution in [2.75, 3.05) is 38.5 Å². The molecule has 0 atom stereocenters. The summed E-state index contributed by atoms with van der Waals surface area (Å²) in [6.45, 7) is 6.93. The summed E-state index contributed by atoms with van der Waals surface area (Å²) in [7, 11) is -3.13. The average molecular weight is 250 g/mol. The Labute approximate surface area is 98.2 Å². The minimum atomic E-state index is -3.13. The van der Waals surface area contributed by atoms with Gasteiger partial charge in [-0.2, -0.15) is 0 Å². The van der Waals surface area contributed by atoms with E-state index < -0.39 is 10.0 Å². The number of hydrogen-bond acceptors (Lipinski definition) is 4. The number of hydrogen-bond donors (Lipinski definition) is 1. The van der Waals surface area contributed by atoms with Crippen LogP contribution in [0.5, 0.6) is 0 Å². The predicted octanol–water partition coefficient (Wildman–Crippen LogP) is 0.0365. The van der Waals surface area contributed by atoms with Crippen LogP contribution in [0.1, 0.15) is 20.3 Å². The zero-order chi connectivity index (χ0) is 12.0. The molecule has 6 heteroatoms. The van der Waals surface area contributed by atoms with Gasteiger partial charge in [-0.25, -0.2) is 12.7 Å². The van der Waals surface area contributed by atoms with Gasteiger partial charge in [-0.1, -0.05) is 0 Å². The lowest BCUT2D eigenvalue weighted by Gasteiger charge is -2.19. The van der Waals surface area contributed by atoms with E-state index in [1.165, 1.54) is 0 Å². The Morgan fingerprint density at radius 3 is 2.75 bits per heavy atom. The maximum absolute atomic E-state index is 11.9. The van der Waals surface area contributed by atoms with Crippen molar-refractivity contribution in [3.63, 3.8) is 0 Å². The van der Waals surface area contributed by atoms with Crippen molar-refractivity contribution >= 4 is 10.0 Å². The molecule has 96 valence electrons. The molecule has 0 aromatic carbocycles. The molecule has 0 unspecified atom stereocenters. The van der Waals surface area contributed by atoms with Crippen LogP contribution in [0, 0.1) is 0 Å². The fourth-order valence-corrected chi connectivity index (χ4v) is 2.96. The topological polar surface area (TPSA) is 58.6 Å². The van der Waals surface area contributed by atoms with E-state index in [0.717, 1.165) is 19.5 Å².